The van der Waals surface area contributed by atoms with E-state index in [-0.39, 0.29) is 17.9 Å². The van der Waals surface area contributed by atoms with Gasteiger partial charge in [-0.2, -0.15) is 0 Å². The minimum absolute atomic E-state index is 0.0243. The molecule has 1 heterocycles. The van der Waals surface area contributed by atoms with Crippen LogP contribution in [0.5, 0.6) is 0 Å². The molecule has 5 nitrogen and oxygen atoms in total. The number of furan rings is 1. The molecule has 0 atom stereocenters. The Labute approximate surface area is 92.4 Å². The van der Waals surface area contributed by atoms with Crippen LogP contribution in [0.3, 0.4) is 0 Å². The largest absolute Gasteiger partial charge is 0.481 e. The molecule has 1 saturated carbocycles. The van der Waals surface area contributed by atoms with Gasteiger partial charge in [0.25, 0.3) is 5.91 Å². The Kier molecular flexibility index (Phi) is 2.68. The highest BCUT2D eigenvalue weighted by molar-refractivity contribution is 5.94. The van der Waals surface area contributed by atoms with Gasteiger partial charge in [-0.25, -0.2) is 0 Å². The normalized spacial score (nSPS) is 23.6. The molecular weight excluding hydrogens is 210 g/mol. The maximum absolute atomic E-state index is 11.6. The van der Waals surface area contributed by atoms with Crippen LogP contribution >= 0.6 is 0 Å². The van der Waals surface area contributed by atoms with Gasteiger partial charge in [0.2, 0.25) is 0 Å². The molecule has 5 heteroatoms. The van der Waals surface area contributed by atoms with Crippen LogP contribution in [0.15, 0.2) is 16.7 Å². The number of aryl methyl sites for hydroxylation is 1. The van der Waals surface area contributed by atoms with Gasteiger partial charge in [0, 0.05) is 6.04 Å². The van der Waals surface area contributed by atoms with Crippen LogP contribution in [0.1, 0.15) is 29.0 Å². The van der Waals surface area contributed by atoms with E-state index in [1.54, 1.807) is 13.0 Å². The molecule has 0 aliphatic heterocycles. The van der Waals surface area contributed by atoms with Crippen LogP contribution in [0.2, 0.25) is 0 Å². The number of amides is 1. The van der Waals surface area contributed by atoms with Crippen molar-refractivity contribution in [2.75, 3.05) is 0 Å². The first-order valence-electron chi connectivity index (χ1n) is 5.15. The van der Waals surface area contributed by atoms with Crippen LogP contribution in [-0.4, -0.2) is 23.0 Å². The molecule has 86 valence electrons. The second kappa shape index (κ2) is 4.00. The maximum atomic E-state index is 11.6. The maximum Gasteiger partial charge on any atom is 0.306 e. The summed E-state index contributed by atoms with van der Waals surface area (Å²) in [5, 5.41) is 11.4. The topological polar surface area (TPSA) is 79.5 Å². The third-order valence-electron chi connectivity index (χ3n) is 2.82. The Bertz CT molecular complexity index is 417. The summed E-state index contributed by atoms with van der Waals surface area (Å²) in [6.07, 6.45) is 2.42. The average molecular weight is 223 g/mol. The van der Waals surface area contributed by atoms with E-state index in [2.05, 4.69) is 5.32 Å². The SMILES string of the molecule is Cc1cc(C(=O)NC2CC(C(=O)O)C2)co1. The molecule has 0 saturated heterocycles. The molecule has 0 spiro atoms. The zero-order valence-corrected chi connectivity index (χ0v) is 8.90. The average Bonchev–Trinajstić information content (AvgIpc) is 2.56. The van der Waals surface area contributed by atoms with Crippen LogP contribution < -0.4 is 5.32 Å². The molecule has 0 aromatic carbocycles. The van der Waals surface area contributed by atoms with Gasteiger partial charge in [-0.3, -0.25) is 9.59 Å². The number of nitrogens with one attached hydrogen (secondary N) is 1. The molecule has 16 heavy (non-hydrogen) atoms. The van der Waals surface area contributed by atoms with Crippen molar-refractivity contribution in [1.82, 2.24) is 5.32 Å². The van der Waals surface area contributed by atoms with Gasteiger partial charge in [0.05, 0.1) is 11.5 Å². The van der Waals surface area contributed by atoms with E-state index in [1.165, 1.54) is 6.26 Å². The monoisotopic (exact) mass is 223 g/mol. The molecule has 1 aliphatic carbocycles. The molecule has 1 aliphatic rings. The zero-order chi connectivity index (χ0) is 11.7. The predicted molar refractivity (Wildman–Crippen MR) is 55.1 cm³/mol. The molecule has 2 rings (SSSR count). The fourth-order valence-corrected chi connectivity index (χ4v) is 1.77. The summed E-state index contributed by atoms with van der Waals surface area (Å²) < 4.78 is 5.02. The highest BCUT2D eigenvalue weighted by Gasteiger charge is 2.35. The summed E-state index contributed by atoms with van der Waals surface area (Å²) >= 11 is 0. The van der Waals surface area contributed by atoms with Crippen molar-refractivity contribution >= 4 is 11.9 Å². The molecule has 1 amide bonds. The molecule has 1 aromatic rings. The van der Waals surface area contributed by atoms with Crippen molar-refractivity contribution in [2.24, 2.45) is 5.92 Å². The van der Waals surface area contributed by atoms with Crippen molar-refractivity contribution in [1.29, 1.82) is 0 Å². The second-order valence-corrected chi connectivity index (χ2v) is 4.12. The van der Waals surface area contributed by atoms with Crippen LogP contribution in [0, 0.1) is 12.8 Å². The van der Waals surface area contributed by atoms with Crippen molar-refractivity contribution < 1.29 is 19.1 Å². The van der Waals surface area contributed by atoms with Crippen LogP contribution in [0.4, 0.5) is 0 Å². The number of carboxylic acids is 1. The summed E-state index contributed by atoms with van der Waals surface area (Å²) in [4.78, 5) is 22.2. The van der Waals surface area contributed by atoms with Crippen molar-refractivity contribution in [3.8, 4) is 0 Å². The zero-order valence-electron chi connectivity index (χ0n) is 8.90. The van der Waals surface area contributed by atoms with E-state index >= 15 is 0 Å². The van der Waals surface area contributed by atoms with Crippen LogP contribution in [0.25, 0.3) is 0 Å². The second-order valence-electron chi connectivity index (χ2n) is 4.12. The Morgan fingerprint density at radius 2 is 2.19 bits per heavy atom. The van der Waals surface area contributed by atoms with Gasteiger partial charge in [-0.1, -0.05) is 0 Å². The summed E-state index contributed by atoms with van der Waals surface area (Å²) in [5.74, 6) is -0.617. The third-order valence-corrected chi connectivity index (χ3v) is 2.82. The summed E-state index contributed by atoms with van der Waals surface area (Å²) in [6.45, 7) is 1.76. The predicted octanol–water partition coefficient (Wildman–Crippen LogP) is 1.18. The molecule has 1 fully saturated rings. The highest BCUT2D eigenvalue weighted by Crippen LogP contribution is 2.27. The highest BCUT2D eigenvalue weighted by atomic mass is 16.4. The molecule has 0 bridgehead atoms. The van der Waals surface area contributed by atoms with Crippen molar-refractivity contribution in [2.45, 2.75) is 25.8 Å². The summed E-state index contributed by atoms with van der Waals surface area (Å²) in [5.41, 5.74) is 0.483. The number of hydrogen-bond acceptors (Lipinski definition) is 3. The number of carbonyl (C=O) groups excluding carboxylic acids is 1. The van der Waals surface area contributed by atoms with E-state index in [0.29, 0.717) is 24.2 Å². The van der Waals surface area contributed by atoms with Crippen molar-refractivity contribution in [3.63, 3.8) is 0 Å². The lowest BCUT2D eigenvalue weighted by atomic mass is 9.80. The van der Waals surface area contributed by atoms with Gasteiger partial charge >= 0.3 is 5.97 Å². The Balaban J connectivity index is 1.84. The Morgan fingerprint density at radius 3 is 2.69 bits per heavy atom. The first-order valence-corrected chi connectivity index (χ1v) is 5.15. The molecule has 0 unspecified atom stereocenters. The lowest BCUT2D eigenvalue weighted by Gasteiger charge is -2.32. The lowest BCUT2D eigenvalue weighted by Crippen LogP contribution is -2.46. The first kappa shape index (κ1) is 10.7. The van der Waals surface area contributed by atoms with E-state index in [9.17, 15) is 9.59 Å². The van der Waals surface area contributed by atoms with Crippen molar-refractivity contribution in [3.05, 3.63) is 23.7 Å². The van der Waals surface area contributed by atoms with Gasteiger partial charge in [-0.15, -0.1) is 0 Å². The van der Waals surface area contributed by atoms with Gasteiger partial charge in [0.1, 0.15) is 12.0 Å². The number of aliphatic carboxylic acids is 1. The lowest BCUT2D eigenvalue weighted by molar-refractivity contribution is -0.145. The number of rotatable bonds is 3. The molecule has 0 radical (unpaired) electrons. The third kappa shape index (κ3) is 2.08. The van der Waals surface area contributed by atoms with Gasteiger partial charge in [0.15, 0.2) is 0 Å². The van der Waals surface area contributed by atoms with Gasteiger partial charge in [-0.05, 0) is 25.8 Å². The molecule has 1 aromatic heterocycles. The molecular formula is C11H13NO4. The fourth-order valence-electron chi connectivity index (χ4n) is 1.77. The number of hydrogen-bond donors (Lipinski definition) is 2. The quantitative estimate of drug-likeness (QED) is 0.806. The molecule has 2 N–H and O–H groups in total. The van der Waals surface area contributed by atoms with E-state index in [0.717, 1.165) is 0 Å². The van der Waals surface area contributed by atoms with E-state index in [1.807, 2.05) is 0 Å². The number of carbonyl (C=O) groups is 2. The smallest absolute Gasteiger partial charge is 0.306 e. The summed E-state index contributed by atoms with van der Waals surface area (Å²) in [7, 11) is 0. The Hall–Kier alpha value is -1.78. The van der Waals surface area contributed by atoms with E-state index in [4.69, 9.17) is 9.52 Å². The first-order chi connectivity index (χ1) is 7.56. The fraction of sp³-hybridized carbons (Fsp3) is 0.455. The van der Waals surface area contributed by atoms with Gasteiger partial charge < -0.3 is 14.8 Å². The van der Waals surface area contributed by atoms with E-state index < -0.39 is 5.97 Å². The Morgan fingerprint density at radius 1 is 1.50 bits per heavy atom. The van der Waals surface area contributed by atoms with Crippen LogP contribution in [-0.2, 0) is 4.79 Å². The standard InChI is InChI=1S/C11H13NO4/c1-6-2-8(5-16-6)10(13)12-9-3-7(4-9)11(14)15/h2,5,7,9H,3-4H2,1H3,(H,12,13)(H,14,15). The minimum Gasteiger partial charge on any atom is -0.481 e. The minimum atomic E-state index is -0.787. The number of carboxylic acid groups (broad SMARTS) is 1. The summed E-state index contributed by atoms with van der Waals surface area (Å²) in [6, 6.07) is 1.63.